The zero-order chi connectivity index (χ0) is 13.4. The summed E-state index contributed by atoms with van der Waals surface area (Å²) in [7, 11) is 0. The van der Waals surface area contributed by atoms with E-state index in [9.17, 15) is 9.18 Å². The highest BCUT2D eigenvalue weighted by molar-refractivity contribution is 9.10. The molecular formula is C12H11BrFNO3. The summed E-state index contributed by atoms with van der Waals surface area (Å²) >= 11 is 3.11. The lowest BCUT2D eigenvalue weighted by Gasteiger charge is -2.06. The number of aliphatic hydroxyl groups excluding tert-OH is 1. The van der Waals surface area contributed by atoms with E-state index in [1.54, 1.807) is 6.07 Å². The average molecular weight is 316 g/mol. The molecule has 2 N–H and O–H groups in total. The van der Waals surface area contributed by atoms with E-state index in [0.29, 0.717) is 4.47 Å². The van der Waals surface area contributed by atoms with Crippen LogP contribution in [0.25, 0.3) is 0 Å². The Morgan fingerprint density at radius 2 is 2.28 bits per heavy atom. The number of halogens is 2. The largest absolute Gasteiger partial charge is 0.481 e. The van der Waals surface area contributed by atoms with Crippen LogP contribution in [0.1, 0.15) is 0 Å². The molecule has 0 bridgehead atoms. The van der Waals surface area contributed by atoms with Crippen molar-refractivity contribution in [1.82, 2.24) is 5.32 Å². The summed E-state index contributed by atoms with van der Waals surface area (Å²) in [5, 5.41) is 10.8. The Balaban J connectivity index is 2.38. The van der Waals surface area contributed by atoms with Crippen LogP contribution in [0.3, 0.4) is 0 Å². The maximum absolute atomic E-state index is 13.3. The molecule has 0 atom stereocenters. The molecule has 0 saturated carbocycles. The Bertz CT molecular complexity index is 482. The first kappa shape index (κ1) is 14.5. The highest BCUT2D eigenvalue weighted by Gasteiger charge is 2.06. The van der Waals surface area contributed by atoms with Gasteiger partial charge in [-0.3, -0.25) is 4.79 Å². The number of nitrogens with one attached hydrogen (secondary N) is 1. The number of rotatable bonds is 4. The molecule has 0 aliphatic heterocycles. The second kappa shape index (κ2) is 7.69. The van der Waals surface area contributed by atoms with Crippen LogP contribution in [-0.4, -0.2) is 30.8 Å². The molecule has 0 spiro atoms. The monoisotopic (exact) mass is 315 g/mol. The Hall–Kier alpha value is -1.58. The van der Waals surface area contributed by atoms with Gasteiger partial charge in [0, 0.05) is 4.47 Å². The van der Waals surface area contributed by atoms with Gasteiger partial charge in [0.2, 0.25) is 0 Å². The molecule has 0 fully saturated rings. The Morgan fingerprint density at radius 3 is 2.94 bits per heavy atom. The number of benzene rings is 1. The first-order valence-electron chi connectivity index (χ1n) is 5.04. The summed E-state index contributed by atoms with van der Waals surface area (Å²) in [4.78, 5) is 11.3. The van der Waals surface area contributed by atoms with Crippen LogP contribution in [0.2, 0.25) is 0 Å². The highest BCUT2D eigenvalue weighted by atomic mass is 79.9. The number of ether oxygens (including phenoxy) is 1. The minimum atomic E-state index is -0.544. The van der Waals surface area contributed by atoms with E-state index in [4.69, 9.17) is 9.84 Å². The quantitative estimate of drug-likeness (QED) is 0.817. The van der Waals surface area contributed by atoms with Crippen LogP contribution in [-0.2, 0) is 4.79 Å². The minimum absolute atomic E-state index is 0.00907. The fraction of sp³-hybridized carbons (Fsp3) is 0.250. The average Bonchev–Trinajstić information content (AvgIpc) is 2.33. The summed E-state index contributed by atoms with van der Waals surface area (Å²) in [5.74, 6) is 3.95. The van der Waals surface area contributed by atoms with Crippen molar-refractivity contribution in [3.63, 3.8) is 0 Å². The lowest BCUT2D eigenvalue weighted by atomic mass is 10.3. The van der Waals surface area contributed by atoms with Gasteiger partial charge in [-0.05, 0) is 18.2 Å². The minimum Gasteiger partial charge on any atom is -0.481 e. The molecule has 1 aromatic rings. The van der Waals surface area contributed by atoms with E-state index in [2.05, 4.69) is 33.1 Å². The molecule has 0 radical (unpaired) electrons. The molecule has 1 amide bonds. The third-order valence-electron chi connectivity index (χ3n) is 1.83. The van der Waals surface area contributed by atoms with Gasteiger partial charge in [-0.1, -0.05) is 27.8 Å². The zero-order valence-corrected chi connectivity index (χ0v) is 11.0. The van der Waals surface area contributed by atoms with Crippen molar-refractivity contribution in [3.05, 3.63) is 28.5 Å². The summed E-state index contributed by atoms with van der Waals surface area (Å²) < 4.78 is 18.9. The third kappa shape index (κ3) is 5.17. The fourth-order valence-electron chi connectivity index (χ4n) is 1.05. The lowest BCUT2D eigenvalue weighted by molar-refractivity contribution is -0.122. The molecule has 1 rings (SSSR count). The molecule has 18 heavy (non-hydrogen) atoms. The van der Waals surface area contributed by atoms with Crippen molar-refractivity contribution in [1.29, 1.82) is 0 Å². The highest BCUT2D eigenvalue weighted by Crippen LogP contribution is 2.21. The second-order valence-electron chi connectivity index (χ2n) is 3.15. The normalized spacial score (nSPS) is 9.28. The number of aliphatic hydroxyl groups is 1. The van der Waals surface area contributed by atoms with Gasteiger partial charge in [0.25, 0.3) is 5.91 Å². The summed E-state index contributed by atoms with van der Waals surface area (Å²) in [6, 6.07) is 4.29. The van der Waals surface area contributed by atoms with Gasteiger partial charge in [0.05, 0.1) is 6.54 Å². The van der Waals surface area contributed by atoms with Gasteiger partial charge in [0.1, 0.15) is 6.61 Å². The Kier molecular flexibility index (Phi) is 6.19. The molecular weight excluding hydrogens is 305 g/mol. The molecule has 96 valence electrons. The zero-order valence-electron chi connectivity index (χ0n) is 9.37. The van der Waals surface area contributed by atoms with E-state index in [-0.39, 0.29) is 25.5 Å². The van der Waals surface area contributed by atoms with Gasteiger partial charge in [-0.25, -0.2) is 4.39 Å². The standard InChI is InChI=1S/C12H11BrFNO3/c13-9-3-4-11(10(14)7-9)18-8-12(17)15-5-1-2-6-16/h3-4,7,16H,5-6,8H2,(H,15,17). The molecule has 0 aliphatic carbocycles. The van der Waals surface area contributed by atoms with Crippen molar-refractivity contribution < 1.29 is 19.0 Å². The Labute approximate surface area is 112 Å². The number of hydrogen-bond acceptors (Lipinski definition) is 3. The van der Waals surface area contributed by atoms with Crippen molar-refractivity contribution in [3.8, 4) is 17.6 Å². The van der Waals surface area contributed by atoms with Crippen LogP contribution >= 0.6 is 15.9 Å². The van der Waals surface area contributed by atoms with Gasteiger partial charge >= 0.3 is 0 Å². The predicted molar refractivity (Wildman–Crippen MR) is 67.5 cm³/mol. The van der Waals surface area contributed by atoms with E-state index >= 15 is 0 Å². The summed E-state index contributed by atoms with van der Waals surface area (Å²) in [6.45, 7) is -0.429. The van der Waals surface area contributed by atoms with E-state index in [0.717, 1.165) is 0 Å². The van der Waals surface area contributed by atoms with Crippen LogP contribution in [0.15, 0.2) is 22.7 Å². The third-order valence-corrected chi connectivity index (χ3v) is 2.32. The molecule has 0 saturated heterocycles. The molecule has 1 aromatic carbocycles. The molecule has 4 nitrogen and oxygen atoms in total. The summed E-state index contributed by atoms with van der Waals surface area (Å²) in [5.41, 5.74) is 0. The SMILES string of the molecule is O=C(COc1ccc(Br)cc1F)NCC#CCO. The first-order chi connectivity index (χ1) is 8.63. The second-order valence-corrected chi connectivity index (χ2v) is 4.07. The molecule has 0 aliphatic rings. The molecule has 6 heteroatoms. The Morgan fingerprint density at radius 1 is 1.50 bits per heavy atom. The first-order valence-corrected chi connectivity index (χ1v) is 5.84. The lowest BCUT2D eigenvalue weighted by Crippen LogP contribution is -2.29. The number of carbonyl (C=O) groups excluding carboxylic acids is 1. The number of hydrogen-bond donors (Lipinski definition) is 2. The molecule has 0 unspecified atom stereocenters. The van der Waals surface area contributed by atoms with Crippen molar-refractivity contribution >= 4 is 21.8 Å². The van der Waals surface area contributed by atoms with E-state index in [1.807, 2.05) is 0 Å². The van der Waals surface area contributed by atoms with Gasteiger partial charge in [0.15, 0.2) is 18.2 Å². The van der Waals surface area contributed by atoms with Crippen molar-refractivity contribution in [2.24, 2.45) is 0 Å². The molecule has 0 heterocycles. The van der Waals surface area contributed by atoms with Gasteiger partial charge < -0.3 is 15.2 Å². The van der Waals surface area contributed by atoms with E-state index < -0.39 is 11.7 Å². The van der Waals surface area contributed by atoms with Gasteiger partial charge in [-0.15, -0.1) is 0 Å². The van der Waals surface area contributed by atoms with Gasteiger partial charge in [-0.2, -0.15) is 0 Å². The fourth-order valence-corrected chi connectivity index (χ4v) is 1.38. The predicted octanol–water partition coefficient (Wildman–Crippen LogP) is 1.08. The molecule has 0 aromatic heterocycles. The van der Waals surface area contributed by atoms with Crippen LogP contribution < -0.4 is 10.1 Å². The van der Waals surface area contributed by atoms with Crippen LogP contribution in [0, 0.1) is 17.7 Å². The smallest absolute Gasteiger partial charge is 0.258 e. The van der Waals surface area contributed by atoms with E-state index in [1.165, 1.54) is 12.1 Å². The van der Waals surface area contributed by atoms with Crippen molar-refractivity contribution in [2.75, 3.05) is 19.8 Å². The van der Waals surface area contributed by atoms with Crippen LogP contribution in [0.4, 0.5) is 4.39 Å². The number of carbonyl (C=O) groups is 1. The van der Waals surface area contributed by atoms with Crippen molar-refractivity contribution in [2.45, 2.75) is 0 Å². The maximum atomic E-state index is 13.3. The van der Waals surface area contributed by atoms with Crippen LogP contribution in [0.5, 0.6) is 5.75 Å². The number of amides is 1. The maximum Gasteiger partial charge on any atom is 0.258 e. The summed E-state index contributed by atoms with van der Waals surface area (Å²) in [6.07, 6.45) is 0. The topological polar surface area (TPSA) is 58.6 Å².